The molecule has 4 unspecified atom stereocenters. The number of nitrogens with one attached hydrogen (secondary N) is 1. The Balaban J connectivity index is 1.94. The Morgan fingerprint density at radius 2 is 2.26 bits per heavy atom. The van der Waals surface area contributed by atoms with Crippen molar-refractivity contribution in [1.29, 1.82) is 0 Å². The van der Waals surface area contributed by atoms with Crippen molar-refractivity contribution in [3.63, 3.8) is 0 Å². The summed E-state index contributed by atoms with van der Waals surface area (Å²) >= 11 is 0. The molecule has 0 saturated carbocycles. The molecule has 19 heavy (non-hydrogen) atoms. The molecule has 5 nitrogen and oxygen atoms in total. The smallest absolute Gasteiger partial charge is 0.241 e. The van der Waals surface area contributed by atoms with E-state index in [4.69, 9.17) is 4.74 Å². The fourth-order valence-corrected chi connectivity index (χ4v) is 2.88. The first-order chi connectivity index (χ1) is 9.02. The van der Waals surface area contributed by atoms with Crippen LogP contribution in [0.1, 0.15) is 27.2 Å². The zero-order valence-corrected chi connectivity index (χ0v) is 12.6. The molecule has 2 rings (SSSR count). The van der Waals surface area contributed by atoms with Crippen molar-refractivity contribution in [3.05, 3.63) is 0 Å². The van der Waals surface area contributed by atoms with Crippen molar-refractivity contribution < 1.29 is 9.53 Å². The van der Waals surface area contributed by atoms with Gasteiger partial charge >= 0.3 is 0 Å². The van der Waals surface area contributed by atoms with Crippen LogP contribution < -0.4 is 5.32 Å². The Bertz CT molecular complexity index is 324. The second-order valence-corrected chi connectivity index (χ2v) is 5.95. The molecule has 110 valence electrons. The second-order valence-electron chi connectivity index (χ2n) is 5.95. The molecule has 2 aliphatic rings. The van der Waals surface area contributed by atoms with E-state index in [1.807, 2.05) is 4.90 Å². The average Bonchev–Trinajstić information content (AvgIpc) is 2.66. The highest BCUT2D eigenvalue weighted by molar-refractivity contribution is 5.84. The minimum absolute atomic E-state index is 0.0266. The van der Waals surface area contributed by atoms with Crippen molar-refractivity contribution in [2.45, 2.75) is 45.5 Å². The van der Waals surface area contributed by atoms with Gasteiger partial charge in [-0.25, -0.2) is 0 Å². The third-order valence-electron chi connectivity index (χ3n) is 4.39. The summed E-state index contributed by atoms with van der Waals surface area (Å²) in [4.78, 5) is 16.7. The summed E-state index contributed by atoms with van der Waals surface area (Å²) in [6.45, 7) is 9.68. The molecule has 2 saturated heterocycles. The van der Waals surface area contributed by atoms with E-state index in [9.17, 15) is 4.79 Å². The molecule has 2 heterocycles. The van der Waals surface area contributed by atoms with Gasteiger partial charge in [-0.3, -0.25) is 10.1 Å². The van der Waals surface area contributed by atoms with E-state index in [0.717, 1.165) is 26.1 Å². The van der Waals surface area contributed by atoms with Crippen LogP contribution in [0, 0.1) is 5.92 Å². The second kappa shape index (κ2) is 6.20. The van der Waals surface area contributed by atoms with Gasteiger partial charge in [0.25, 0.3) is 0 Å². The van der Waals surface area contributed by atoms with E-state index in [1.54, 1.807) is 0 Å². The van der Waals surface area contributed by atoms with Crippen LogP contribution in [0.25, 0.3) is 0 Å². The number of hydrogen-bond acceptors (Lipinski definition) is 4. The Labute approximate surface area is 116 Å². The lowest BCUT2D eigenvalue weighted by Gasteiger charge is -2.33. The number of amides is 1. The summed E-state index contributed by atoms with van der Waals surface area (Å²) < 4.78 is 5.77. The van der Waals surface area contributed by atoms with Crippen molar-refractivity contribution in [2.75, 3.05) is 33.3 Å². The zero-order chi connectivity index (χ0) is 14.0. The van der Waals surface area contributed by atoms with Crippen LogP contribution >= 0.6 is 0 Å². The highest BCUT2D eigenvalue weighted by atomic mass is 16.5. The fourth-order valence-electron chi connectivity index (χ4n) is 2.88. The molecule has 0 aliphatic carbocycles. The van der Waals surface area contributed by atoms with Crippen LogP contribution in [-0.2, 0) is 9.53 Å². The van der Waals surface area contributed by atoms with Crippen LogP contribution in [0.4, 0.5) is 0 Å². The third-order valence-corrected chi connectivity index (χ3v) is 4.39. The molecule has 0 spiro atoms. The molecular weight excluding hydrogens is 242 g/mol. The first-order valence-corrected chi connectivity index (χ1v) is 7.39. The molecule has 0 radical (unpaired) electrons. The van der Waals surface area contributed by atoms with Gasteiger partial charge < -0.3 is 14.5 Å². The predicted octanol–water partition coefficient (Wildman–Crippen LogP) is 0.510. The molecule has 1 N–H and O–H groups in total. The number of carbonyl (C=O) groups is 1. The van der Waals surface area contributed by atoms with Crippen LogP contribution in [0.15, 0.2) is 0 Å². The van der Waals surface area contributed by atoms with Crippen molar-refractivity contribution in [2.24, 2.45) is 5.92 Å². The molecule has 5 heteroatoms. The van der Waals surface area contributed by atoms with Gasteiger partial charge in [0.05, 0.1) is 24.9 Å². The van der Waals surface area contributed by atoms with Gasteiger partial charge in [-0.15, -0.1) is 0 Å². The first kappa shape index (κ1) is 14.8. The highest BCUT2D eigenvalue weighted by Crippen LogP contribution is 2.20. The summed E-state index contributed by atoms with van der Waals surface area (Å²) in [6, 6.07) is -0.0266. The standard InChI is InChI=1S/C14H27N3O2/c1-5-10(2)13-14(18)17(11(3)15-13)9-12-8-16(4)6-7-19-12/h10-13,15H,5-9H2,1-4H3. The molecule has 0 aromatic carbocycles. The SMILES string of the molecule is CCC(C)C1NC(C)N(CC2CN(C)CCO2)C1=O. The summed E-state index contributed by atoms with van der Waals surface area (Å²) in [5.74, 6) is 0.619. The Morgan fingerprint density at radius 1 is 1.53 bits per heavy atom. The number of ether oxygens (including phenoxy) is 1. The minimum atomic E-state index is -0.0266. The Morgan fingerprint density at radius 3 is 2.89 bits per heavy atom. The number of hydrogen-bond donors (Lipinski definition) is 1. The molecule has 0 bridgehead atoms. The van der Waals surface area contributed by atoms with Gasteiger partial charge in [0.1, 0.15) is 0 Å². The molecule has 4 atom stereocenters. The Hall–Kier alpha value is -0.650. The monoisotopic (exact) mass is 269 g/mol. The maximum atomic E-state index is 12.5. The fraction of sp³-hybridized carbons (Fsp3) is 0.929. The lowest BCUT2D eigenvalue weighted by Crippen LogP contribution is -2.48. The molecule has 0 aromatic rings. The number of morpholine rings is 1. The number of carbonyl (C=O) groups excluding carboxylic acids is 1. The van der Waals surface area contributed by atoms with Gasteiger partial charge in [-0.1, -0.05) is 20.3 Å². The van der Waals surface area contributed by atoms with Crippen LogP contribution in [0.3, 0.4) is 0 Å². The van der Waals surface area contributed by atoms with E-state index >= 15 is 0 Å². The molecular formula is C14H27N3O2. The zero-order valence-electron chi connectivity index (χ0n) is 12.6. The lowest BCUT2D eigenvalue weighted by atomic mass is 9.99. The van der Waals surface area contributed by atoms with Crippen molar-refractivity contribution in [3.8, 4) is 0 Å². The van der Waals surface area contributed by atoms with Crippen molar-refractivity contribution >= 4 is 5.91 Å². The van der Waals surface area contributed by atoms with Gasteiger partial charge in [-0.05, 0) is 19.9 Å². The number of rotatable bonds is 4. The average molecular weight is 269 g/mol. The molecule has 1 amide bonds. The van der Waals surface area contributed by atoms with E-state index < -0.39 is 0 Å². The summed E-state index contributed by atoms with van der Waals surface area (Å²) in [6.07, 6.45) is 1.28. The van der Waals surface area contributed by atoms with E-state index in [0.29, 0.717) is 12.5 Å². The topological polar surface area (TPSA) is 44.8 Å². The van der Waals surface area contributed by atoms with Crippen LogP contribution in [0.5, 0.6) is 0 Å². The maximum Gasteiger partial charge on any atom is 0.241 e. The number of likely N-dealkylation sites (N-methyl/N-ethyl adjacent to an activating group) is 1. The molecule has 2 fully saturated rings. The maximum absolute atomic E-state index is 12.5. The van der Waals surface area contributed by atoms with E-state index in [1.165, 1.54) is 0 Å². The van der Waals surface area contributed by atoms with Gasteiger partial charge in [0.2, 0.25) is 5.91 Å². The number of nitrogens with zero attached hydrogens (tertiary/aromatic N) is 2. The Kier molecular flexibility index (Phi) is 4.81. The van der Waals surface area contributed by atoms with Crippen LogP contribution in [0.2, 0.25) is 0 Å². The van der Waals surface area contributed by atoms with Gasteiger partial charge in [0, 0.05) is 19.6 Å². The normalized spacial score (nSPS) is 34.8. The van der Waals surface area contributed by atoms with E-state index in [-0.39, 0.29) is 24.2 Å². The van der Waals surface area contributed by atoms with Crippen molar-refractivity contribution in [1.82, 2.24) is 15.1 Å². The van der Waals surface area contributed by atoms with Gasteiger partial charge in [0.15, 0.2) is 0 Å². The van der Waals surface area contributed by atoms with E-state index in [2.05, 4.69) is 38.0 Å². The highest BCUT2D eigenvalue weighted by Gasteiger charge is 2.40. The van der Waals surface area contributed by atoms with Gasteiger partial charge in [-0.2, -0.15) is 0 Å². The summed E-state index contributed by atoms with van der Waals surface area (Å²) in [7, 11) is 2.10. The summed E-state index contributed by atoms with van der Waals surface area (Å²) in [5.41, 5.74) is 0. The van der Waals surface area contributed by atoms with Crippen LogP contribution in [-0.4, -0.2) is 67.3 Å². The largest absolute Gasteiger partial charge is 0.374 e. The minimum Gasteiger partial charge on any atom is -0.374 e. The quantitative estimate of drug-likeness (QED) is 0.808. The third kappa shape index (κ3) is 3.27. The lowest BCUT2D eigenvalue weighted by molar-refractivity contribution is -0.133. The molecule has 2 aliphatic heterocycles. The first-order valence-electron chi connectivity index (χ1n) is 7.39. The summed E-state index contributed by atoms with van der Waals surface area (Å²) in [5, 5.41) is 3.41. The predicted molar refractivity (Wildman–Crippen MR) is 74.8 cm³/mol. The molecule has 0 aromatic heterocycles.